The first-order chi connectivity index (χ1) is 12.8. The van der Waals surface area contributed by atoms with Gasteiger partial charge in [-0.15, -0.1) is 60.2 Å². The molecule has 2 aliphatic carbocycles. The molecule has 2 aromatic rings. The molecule has 0 heterocycles. The van der Waals surface area contributed by atoms with E-state index in [1.807, 2.05) is 36.4 Å². The van der Waals surface area contributed by atoms with Crippen molar-refractivity contribution < 1.29 is 35.7 Å². The molecule has 0 N–H and O–H groups in total. The van der Waals surface area contributed by atoms with Gasteiger partial charge in [0.25, 0.3) is 0 Å². The minimum atomic E-state index is 0. The van der Waals surface area contributed by atoms with Gasteiger partial charge in [-0.2, -0.15) is 35.5 Å². The van der Waals surface area contributed by atoms with Crippen molar-refractivity contribution in [2.45, 2.75) is 12.8 Å². The van der Waals surface area contributed by atoms with Gasteiger partial charge in [-0.05, 0) is 12.1 Å². The molecule has 0 saturated heterocycles. The maximum absolute atomic E-state index is 5.15. The van der Waals surface area contributed by atoms with Crippen molar-refractivity contribution in [3.05, 3.63) is 96.1 Å². The van der Waals surface area contributed by atoms with E-state index in [2.05, 4.69) is 48.6 Å². The first-order valence-electron chi connectivity index (χ1n) is 8.64. The molecule has 5 heteroatoms. The fourth-order valence-corrected chi connectivity index (χ4v) is 2.79. The molecule has 2 aliphatic rings. The van der Waals surface area contributed by atoms with Gasteiger partial charge in [-0.3, -0.25) is 0 Å². The van der Waals surface area contributed by atoms with Gasteiger partial charge < -0.3 is 9.47 Å². The monoisotopic (exact) mass is 504 g/mol. The van der Waals surface area contributed by atoms with Crippen molar-refractivity contribution in [1.29, 1.82) is 0 Å². The minimum Gasteiger partial charge on any atom is -0.498 e. The maximum atomic E-state index is 5.15. The third kappa shape index (κ3) is 8.01. The number of rotatable bonds is 4. The van der Waals surface area contributed by atoms with E-state index < -0.39 is 0 Å². The van der Waals surface area contributed by atoms with Gasteiger partial charge in [0.15, 0.2) is 0 Å². The molecule has 0 aromatic heterocycles. The normalized spacial score (nSPS) is 12.9. The van der Waals surface area contributed by atoms with Crippen molar-refractivity contribution in [1.82, 2.24) is 0 Å². The summed E-state index contributed by atoms with van der Waals surface area (Å²) in [6.45, 7) is 0. The largest absolute Gasteiger partial charge is 2.00 e. The third-order valence-electron chi connectivity index (χ3n) is 4.15. The number of hydrogen-bond donors (Lipinski definition) is 0. The Balaban J connectivity index is 0.000000490. The Labute approximate surface area is 205 Å². The molecular weight excluding hydrogens is 482 g/mol. The molecule has 150 valence electrons. The average Bonchev–Trinajstić information content (AvgIpc) is 3.42. The standard InChI is InChI=1S/2C12H11O.2ClH.Zr/c2*1-13-12-8-4-7-11(9-12)10-5-2-3-6-10;;;/h2*2,4-5,7-9H,3H2,1H3;2*1H;/q2*-1;;;+2. The van der Waals surface area contributed by atoms with Crippen LogP contribution in [0.5, 0.6) is 11.5 Å². The van der Waals surface area contributed by atoms with Gasteiger partial charge in [0.05, 0.1) is 14.2 Å². The molecule has 0 fully saturated rings. The van der Waals surface area contributed by atoms with Crippen LogP contribution in [0.15, 0.2) is 72.8 Å². The number of allylic oxidation sites excluding steroid dienone is 8. The van der Waals surface area contributed by atoms with Crippen molar-refractivity contribution in [2.24, 2.45) is 0 Å². The summed E-state index contributed by atoms with van der Waals surface area (Å²) in [5, 5.41) is 0. The van der Waals surface area contributed by atoms with Crippen LogP contribution in [0.4, 0.5) is 0 Å². The Hall–Kier alpha value is -1.54. The molecule has 0 radical (unpaired) electrons. The van der Waals surface area contributed by atoms with Crippen LogP contribution < -0.4 is 9.47 Å². The van der Waals surface area contributed by atoms with E-state index in [0.717, 1.165) is 24.3 Å². The summed E-state index contributed by atoms with van der Waals surface area (Å²) in [5.74, 6) is 1.79. The van der Waals surface area contributed by atoms with Crippen molar-refractivity contribution in [3.8, 4) is 11.5 Å². The number of ether oxygens (including phenoxy) is 2. The van der Waals surface area contributed by atoms with Gasteiger partial charge in [-0.1, -0.05) is 37.1 Å². The Morgan fingerprint density at radius 2 is 1.10 bits per heavy atom. The first-order valence-corrected chi connectivity index (χ1v) is 8.64. The van der Waals surface area contributed by atoms with Gasteiger partial charge in [-0.25, -0.2) is 0 Å². The predicted octanol–water partition coefficient (Wildman–Crippen LogP) is 6.52. The Morgan fingerprint density at radius 1 is 0.690 bits per heavy atom. The Kier molecular flexibility index (Phi) is 13.7. The van der Waals surface area contributed by atoms with Crippen LogP contribution in [-0.2, 0) is 26.2 Å². The van der Waals surface area contributed by atoms with Crippen molar-refractivity contribution in [3.63, 3.8) is 0 Å². The molecule has 0 amide bonds. The van der Waals surface area contributed by atoms with Gasteiger partial charge in [0.2, 0.25) is 0 Å². The summed E-state index contributed by atoms with van der Waals surface area (Å²) in [6.07, 6.45) is 16.8. The van der Waals surface area contributed by atoms with Crippen molar-refractivity contribution >= 4 is 36.0 Å². The van der Waals surface area contributed by atoms with Crippen molar-refractivity contribution in [2.75, 3.05) is 14.2 Å². The molecule has 0 spiro atoms. The molecule has 29 heavy (non-hydrogen) atoms. The quantitative estimate of drug-likeness (QED) is 0.440. The third-order valence-corrected chi connectivity index (χ3v) is 4.15. The second-order valence-corrected chi connectivity index (χ2v) is 5.86. The summed E-state index contributed by atoms with van der Waals surface area (Å²) >= 11 is 0. The summed E-state index contributed by atoms with van der Waals surface area (Å²) in [7, 11) is 3.36. The van der Waals surface area contributed by atoms with Gasteiger partial charge >= 0.3 is 26.2 Å². The van der Waals surface area contributed by atoms with Gasteiger partial charge in [0, 0.05) is 0 Å². The van der Waals surface area contributed by atoms with Crippen LogP contribution in [0.25, 0.3) is 11.1 Å². The molecule has 0 aliphatic heterocycles. The van der Waals surface area contributed by atoms with E-state index in [0.29, 0.717) is 0 Å². The molecular formula is C24H24Cl2O2Zr. The summed E-state index contributed by atoms with van der Waals surface area (Å²) < 4.78 is 10.3. The number of halogens is 2. The van der Waals surface area contributed by atoms with Crippen LogP contribution in [0.3, 0.4) is 0 Å². The average molecular weight is 507 g/mol. The van der Waals surface area contributed by atoms with Gasteiger partial charge in [0.1, 0.15) is 11.5 Å². The topological polar surface area (TPSA) is 18.5 Å². The fraction of sp³-hybridized carbons (Fsp3) is 0.167. The molecule has 4 rings (SSSR count). The van der Waals surface area contributed by atoms with Crippen LogP contribution in [0.2, 0.25) is 0 Å². The zero-order valence-corrected chi connectivity index (χ0v) is 20.6. The van der Waals surface area contributed by atoms with E-state index in [4.69, 9.17) is 9.47 Å². The van der Waals surface area contributed by atoms with E-state index in [-0.39, 0.29) is 51.0 Å². The fourth-order valence-electron chi connectivity index (χ4n) is 2.79. The summed E-state index contributed by atoms with van der Waals surface area (Å²) in [5.41, 5.74) is 4.68. The first kappa shape index (κ1) is 27.5. The second-order valence-electron chi connectivity index (χ2n) is 5.86. The molecule has 0 bridgehead atoms. The summed E-state index contributed by atoms with van der Waals surface area (Å²) in [4.78, 5) is 0. The van der Waals surface area contributed by atoms with E-state index >= 15 is 0 Å². The van der Waals surface area contributed by atoms with E-state index in [9.17, 15) is 0 Å². The predicted molar refractivity (Wildman–Crippen MR) is 121 cm³/mol. The van der Waals surface area contributed by atoms with E-state index in [1.54, 1.807) is 14.2 Å². The van der Waals surface area contributed by atoms with Crippen LogP contribution in [0, 0.1) is 12.2 Å². The zero-order chi connectivity index (χ0) is 18.2. The number of hydrogen-bond acceptors (Lipinski definition) is 2. The van der Waals surface area contributed by atoms with Crippen LogP contribution in [0.1, 0.15) is 24.0 Å². The van der Waals surface area contributed by atoms with Crippen LogP contribution >= 0.6 is 24.8 Å². The minimum absolute atomic E-state index is 0. The molecule has 0 atom stereocenters. The zero-order valence-electron chi connectivity index (χ0n) is 16.5. The smallest absolute Gasteiger partial charge is 0.498 e. The molecule has 0 unspecified atom stereocenters. The summed E-state index contributed by atoms with van der Waals surface area (Å²) in [6, 6.07) is 16.1. The number of methoxy groups -OCH3 is 2. The molecule has 2 aromatic carbocycles. The second kappa shape index (κ2) is 14.4. The Bertz CT molecular complexity index is 812. The molecule has 2 nitrogen and oxygen atoms in total. The maximum Gasteiger partial charge on any atom is 2.00 e. The van der Waals surface area contributed by atoms with Crippen LogP contribution in [-0.4, -0.2) is 14.2 Å². The van der Waals surface area contributed by atoms with E-state index in [1.165, 1.54) is 22.3 Å². The molecule has 0 saturated carbocycles. The number of benzene rings is 2. The Morgan fingerprint density at radius 3 is 1.41 bits per heavy atom. The SMILES string of the molecule is COc1cccc(C2=[C-]CC=C2)c1.COc1cccc(C2=[C-]CC=C2)c1.Cl.Cl.[Zr+2].